The second-order valence-corrected chi connectivity index (χ2v) is 10.5. The lowest BCUT2D eigenvalue weighted by molar-refractivity contribution is -0.126. The molecule has 1 aromatic carbocycles. The molecule has 1 saturated heterocycles. The van der Waals surface area contributed by atoms with Gasteiger partial charge < -0.3 is 10.1 Å². The second kappa shape index (κ2) is 11.3. The standard InChI is InChI=1S/C23H36N2O4S/c1-2-3-4-19-5-9-21(10-6-19)23(26)24-14-13-20-7-11-22(12-8-20)30(27,28)25-15-17-29-18-16-25/h7-8,11-12,19,21H,2-6,9-10,13-18H2,1H3,(H,24,26). The molecule has 1 heterocycles. The molecule has 1 amide bonds. The smallest absolute Gasteiger partial charge is 0.243 e. The topological polar surface area (TPSA) is 75.7 Å². The van der Waals surface area contributed by atoms with E-state index in [1.54, 1.807) is 12.1 Å². The van der Waals surface area contributed by atoms with Gasteiger partial charge >= 0.3 is 0 Å². The van der Waals surface area contributed by atoms with E-state index in [-0.39, 0.29) is 11.8 Å². The summed E-state index contributed by atoms with van der Waals surface area (Å²) in [6, 6.07) is 7.02. The highest BCUT2D eigenvalue weighted by Gasteiger charge is 2.27. The molecule has 0 aromatic heterocycles. The van der Waals surface area contributed by atoms with Crippen molar-refractivity contribution in [1.29, 1.82) is 0 Å². The zero-order chi connectivity index (χ0) is 21.4. The summed E-state index contributed by atoms with van der Waals surface area (Å²) >= 11 is 0. The van der Waals surface area contributed by atoms with Crippen molar-refractivity contribution in [2.75, 3.05) is 32.8 Å². The molecule has 0 unspecified atom stereocenters. The van der Waals surface area contributed by atoms with Gasteiger partial charge in [0.15, 0.2) is 0 Å². The van der Waals surface area contributed by atoms with Gasteiger partial charge in [-0.3, -0.25) is 4.79 Å². The number of carbonyl (C=O) groups is 1. The van der Waals surface area contributed by atoms with Crippen LogP contribution >= 0.6 is 0 Å². The SMILES string of the molecule is CCCCC1CCC(C(=O)NCCc2ccc(S(=O)(=O)N3CCOCC3)cc2)CC1. The van der Waals surface area contributed by atoms with Crippen LogP contribution in [0.4, 0.5) is 0 Å². The first-order valence-electron chi connectivity index (χ1n) is 11.4. The predicted octanol–water partition coefficient (Wildman–Crippen LogP) is 3.36. The fraction of sp³-hybridized carbons (Fsp3) is 0.696. The van der Waals surface area contributed by atoms with Crippen LogP contribution in [0, 0.1) is 11.8 Å². The first-order valence-corrected chi connectivity index (χ1v) is 12.9. The van der Waals surface area contributed by atoms with Crippen LogP contribution in [0.25, 0.3) is 0 Å². The normalized spacial score (nSPS) is 23.2. The van der Waals surface area contributed by atoms with Crippen molar-refractivity contribution in [2.24, 2.45) is 11.8 Å². The summed E-state index contributed by atoms with van der Waals surface area (Å²) in [6.45, 7) is 4.50. The van der Waals surface area contributed by atoms with Gasteiger partial charge in [0, 0.05) is 25.6 Å². The lowest BCUT2D eigenvalue weighted by Crippen LogP contribution is -2.40. The summed E-state index contributed by atoms with van der Waals surface area (Å²) in [4.78, 5) is 12.8. The van der Waals surface area contributed by atoms with Gasteiger partial charge in [-0.25, -0.2) is 8.42 Å². The number of rotatable bonds is 9. The lowest BCUT2D eigenvalue weighted by atomic mass is 9.79. The Morgan fingerprint density at radius 2 is 1.77 bits per heavy atom. The van der Waals surface area contributed by atoms with E-state index in [4.69, 9.17) is 4.74 Å². The molecule has 168 valence electrons. The molecule has 3 rings (SSSR count). The molecule has 2 aliphatic rings. The second-order valence-electron chi connectivity index (χ2n) is 8.56. The van der Waals surface area contributed by atoms with Gasteiger partial charge in [0.25, 0.3) is 0 Å². The Kier molecular flexibility index (Phi) is 8.72. The quantitative estimate of drug-likeness (QED) is 0.644. The van der Waals surface area contributed by atoms with Crippen LogP contribution in [0.15, 0.2) is 29.2 Å². The van der Waals surface area contributed by atoms with Crippen molar-refractivity contribution >= 4 is 15.9 Å². The van der Waals surface area contributed by atoms with Gasteiger partial charge in [0.05, 0.1) is 18.1 Å². The molecule has 7 heteroatoms. The van der Waals surface area contributed by atoms with E-state index in [0.29, 0.717) is 44.2 Å². The van der Waals surface area contributed by atoms with E-state index in [2.05, 4.69) is 12.2 Å². The molecule has 30 heavy (non-hydrogen) atoms. The van der Waals surface area contributed by atoms with Crippen LogP contribution < -0.4 is 5.32 Å². The molecule has 1 aromatic rings. The van der Waals surface area contributed by atoms with Crippen molar-refractivity contribution in [3.05, 3.63) is 29.8 Å². The average Bonchev–Trinajstić information content (AvgIpc) is 2.79. The maximum Gasteiger partial charge on any atom is 0.243 e. The Morgan fingerprint density at radius 3 is 2.40 bits per heavy atom. The average molecular weight is 437 g/mol. The minimum absolute atomic E-state index is 0.156. The number of hydrogen-bond acceptors (Lipinski definition) is 4. The number of amides is 1. The van der Waals surface area contributed by atoms with Crippen LogP contribution in [-0.4, -0.2) is 51.5 Å². The maximum absolute atomic E-state index is 12.7. The highest BCUT2D eigenvalue weighted by molar-refractivity contribution is 7.89. The van der Waals surface area contributed by atoms with Gasteiger partial charge in [0.2, 0.25) is 15.9 Å². The first kappa shape index (κ1) is 23.2. The molecule has 6 nitrogen and oxygen atoms in total. The summed E-state index contributed by atoms with van der Waals surface area (Å²) in [5, 5.41) is 3.08. The van der Waals surface area contributed by atoms with Gasteiger partial charge in [0.1, 0.15) is 0 Å². The minimum atomic E-state index is -3.45. The number of carbonyl (C=O) groups excluding carboxylic acids is 1. The number of benzene rings is 1. The van der Waals surface area contributed by atoms with E-state index in [9.17, 15) is 13.2 Å². The molecule has 2 fully saturated rings. The number of nitrogens with zero attached hydrogens (tertiary/aromatic N) is 1. The van der Waals surface area contributed by atoms with E-state index in [1.165, 1.54) is 36.4 Å². The summed E-state index contributed by atoms with van der Waals surface area (Å²) in [5.41, 5.74) is 1.03. The number of morpholine rings is 1. The van der Waals surface area contributed by atoms with Gasteiger partial charge in [-0.1, -0.05) is 38.3 Å². The van der Waals surface area contributed by atoms with Gasteiger partial charge in [-0.2, -0.15) is 4.31 Å². The summed E-state index contributed by atoms with van der Waals surface area (Å²) in [7, 11) is -3.45. The monoisotopic (exact) mass is 436 g/mol. The third-order valence-corrected chi connectivity index (χ3v) is 8.34. The molecular formula is C23H36N2O4S. The number of unbranched alkanes of at least 4 members (excludes halogenated alkanes) is 1. The van der Waals surface area contributed by atoms with Crippen LogP contribution in [0.5, 0.6) is 0 Å². The van der Waals surface area contributed by atoms with Crippen molar-refractivity contribution in [3.63, 3.8) is 0 Å². The van der Waals surface area contributed by atoms with Crippen molar-refractivity contribution in [3.8, 4) is 0 Å². The third kappa shape index (κ3) is 6.28. The summed E-state index contributed by atoms with van der Waals surface area (Å²) < 4.78 is 32.1. The van der Waals surface area contributed by atoms with Crippen LogP contribution in [0.1, 0.15) is 57.4 Å². The Hall–Kier alpha value is -1.44. The molecule has 0 bridgehead atoms. The number of ether oxygens (including phenoxy) is 1. The van der Waals surface area contributed by atoms with E-state index in [1.807, 2.05) is 12.1 Å². The van der Waals surface area contributed by atoms with Crippen LogP contribution in [0.3, 0.4) is 0 Å². The summed E-state index contributed by atoms with van der Waals surface area (Å²) in [6.07, 6.45) is 8.93. The fourth-order valence-electron chi connectivity index (χ4n) is 4.44. The molecule has 1 N–H and O–H groups in total. The van der Waals surface area contributed by atoms with Crippen LogP contribution in [0.2, 0.25) is 0 Å². The Bertz CT molecular complexity index is 765. The summed E-state index contributed by atoms with van der Waals surface area (Å²) in [5.74, 6) is 1.14. The molecule has 1 aliphatic heterocycles. The van der Waals surface area contributed by atoms with Crippen molar-refractivity contribution < 1.29 is 17.9 Å². The minimum Gasteiger partial charge on any atom is -0.379 e. The number of hydrogen-bond donors (Lipinski definition) is 1. The molecule has 0 atom stereocenters. The van der Waals surface area contributed by atoms with Crippen LogP contribution in [-0.2, 0) is 26.0 Å². The van der Waals surface area contributed by atoms with Crippen molar-refractivity contribution in [2.45, 2.75) is 63.2 Å². The molecule has 0 radical (unpaired) electrons. The molecule has 1 saturated carbocycles. The van der Waals surface area contributed by atoms with Gasteiger partial charge in [-0.05, 0) is 55.7 Å². The highest BCUT2D eigenvalue weighted by atomic mass is 32.2. The number of sulfonamides is 1. The highest BCUT2D eigenvalue weighted by Crippen LogP contribution is 2.32. The third-order valence-electron chi connectivity index (χ3n) is 6.43. The maximum atomic E-state index is 12.7. The largest absolute Gasteiger partial charge is 0.379 e. The zero-order valence-electron chi connectivity index (χ0n) is 18.1. The molecular weight excluding hydrogens is 400 g/mol. The Morgan fingerprint density at radius 1 is 1.10 bits per heavy atom. The van der Waals surface area contributed by atoms with E-state index in [0.717, 1.165) is 24.3 Å². The van der Waals surface area contributed by atoms with Gasteiger partial charge in [-0.15, -0.1) is 0 Å². The first-order chi connectivity index (χ1) is 14.5. The Labute approximate surface area is 181 Å². The van der Waals surface area contributed by atoms with Crippen molar-refractivity contribution in [1.82, 2.24) is 9.62 Å². The predicted molar refractivity (Wildman–Crippen MR) is 118 cm³/mol. The van der Waals surface area contributed by atoms with E-state index >= 15 is 0 Å². The molecule has 1 aliphatic carbocycles. The fourth-order valence-corrected chi connectivity index (χ4v) is 5.85. The number of nitrogens with one attached hydrogen (secondary N) is 1. The Balaban J connectivity index is 1.41. The lowest BCUT2D eigenvalue weighted by Gasteiger charge is -2.27. The van der Waals surface area contributed by atoms with E-state index < -0.39 is 10.0 Å². The zero-order valence-corrected chi connectivity index (χ0v) is 19.0. The molecule has 0 spiro atoms.